The Kier molecular flexibility index (Phi) is 5.86. The van der Waals surface area contributed by atoms with E-state index in [4.69, 9.17) is 4.74 Å². The van der Waals surface area contributed by atoms with Crippen molar-refractivity contribution in [3.05, 3.63) is 24.3 Å². The predicted molar refractivity (Wildman–Crippen MR) is 124 cm³/mol. The molecule has 3 saturated heterocycles. The monoisotopic (exact) mass is 456 g/mol. The van der Waals surface area contributed by atoms with Crippen molar-refractivity contribution in [2.24, 2.45) is 0 Å². The van der Waals surface area contributed by atoms with Crippen molar-refractivity contribution >= 4 is 39.1 Å². The minimum absolute atomic E-state index is 0.108. The second-order valence-corrected chi connectivity index (χ2v) is 9.31. The maximum atomic E-state index is 13.4. The summed E-state index contributed by atoms with van der Waals surface area (Å²) in [5.41, 5.74) is 1.15. The third-order valence-corrected chi connectivity index (χ3v) is 7.50. The summed E-state index contributed by atoms with van der Waals surface area (Å²) in [6.45, 7) is 4.53. The summed E-state index contributed by atoms with van der Waals surface area (Å²) in [5.74, 6) is 1.13. The van der Waals surface area contributed by atoms with Crippen molar-refractivity contribution in [1.29, 1.82) is 0 Å². The molecule has 0 radical (unpaired) electrons. The minimum atomic E-state index is -0.197. The molecule has 0 spiro atoms. The Morgan fingerprint density at radius 1 is 1.00 bits per heavy atom. The van der Waals surface area contributed by atoms with Gasteiger partial charge in [-0.3, -0.25) is 14.5 Å². The standard InChI is InChI=1S/C22H28N6O3S/c1-31-17-8-6-16(7-9-17)25-12-14-26(15-13-25)20(30)18-4-2-10-27(18)21-23-24-22(32-21)28-11-3-5-19(28)29/h6-9,18H,2-5,10-15H2,1H3/t18-/m1/s1. The fourth-order valence-corrected chi connectivity index (χ4v) is 5.69. The summed E-state index contributed by atoms with van der Waals surface area (Å²) in [6.07, 6.45) is 3.22. The Morgan fingerprint density at radius 2 is 1.75 bits per heavy atom. The molecule has 0 aliphatic carbocycles. The largest absolute Gasteiger partial charge is 0.497 e. The van der Waals surface area contributed by atoms with Gasteiger partial charge in [0.25, 0.3) is 0 Å². The van der Waals surface area contributed by atoms with Crippen molar-refractivity contribution in [3.8, 4) is 5.75 Å². The Labute approximate surface area is 191 Å². The van der Waals surface area contributed by atoms with Crippen LogP contribution >= 0.6 is 11.3 Å². The van der Waals surface area contributed by atoms with Gasteiger partial charge in [-0.15, -0.1) is 10.2 Å². The van der Waals surface area contributed by atoms with Crippen LogP contribution in [0.2, 0.25) is 0 Å². The van der Waals surface area contributed by atoms with Gasteiger partial charge in [0.05, 0.1) is 7.11 Å². The van der Waals surface area contributed by atoms with E-state index in [1.807, 2.05) is 17.0 Å². The Balaban J connectivity index is 1.21. The van der Waals surface area contributed by atoms with Crippen molar-refractivity contribution < 1.29 is 14.3 Å². The lowest BCUT2D eigenvalue weighted by atomic mass is 10.1. The smallest absolute Gasteiger partial charge is 0.245 e. The van der Waals surface area contributed by atoms with Crippen LogP contribution in [0.4, 0.5) is 16.0 Å². The number of methoxy groups -OCH3 is 1. The summed E-state index contributed by atoms with van der Waals surface area (Å²) in [6, 6.07) is 7.86. The first kappa shape index (κ1) is 21.0. The second-order valence-electron chi connectivity index (χ2n) is 8.38. The minimum Gasteiger partial charge on any atom is -0.497 e. The van der Waals surface area contributed by atoms with Crippen LogP contribution in [0.5, 0.6) is 5.75 Å². The number of piperazine rings is 1. The molecule has 3 fully saturated rings. The third kappa shape index (κ3) is 3.99. The van der Waals surface area contributed by atoms with Crippen molar-refractivity contribution in [3.63, 3.8) is 0 Å². The fourth-order valence-electron chi connectivity index (χ4n) is 4.72. The molecule has 1 aromatic carbocycles. The van der Waals surface area contributed by atoms with E-state index in [0.29, 0.717) is 31.2 Å². The zero-order valence-corrected chi connectivity index (χ0v) is 19.1. The van der Waals surface area contributed by atoms with E-state index in [2.05, 4.69) is 32.1 Å². The molecule has 1 aromatic heterocycles. The summed E-state index contributed by atoms with van der Waals surface area (Å²) in [5, 5.41) is 9.97. The second kappa shape index (κ2) is 8.93. The zero-order chi connectivity index (χ0) is 22.1. The molecule has 1 atom stereocenters. The molecule has 3 aliphatic rings. The van der Waals surface area contributed by atoms with Crippen molar-refractivity contribution in [2.45, 2.75) is 31.7 Å². The predicted octanol–water partition coefficient (Wildman–Crippen LogP) is 1.99. The van der Waals surface area contributed by atoms with Gasteiger partial charge in [0.1, 0.15) is 11.8 Å². The first-order valence-corrected chi connectivity index (χ1v) is 12.0. The number of hydrogen-bond acceptors (Lipinski definition) is 8. The van der Waals surface area contributed by atoms with Crippen LogP contribution in [-0.2, 0) is 9.59 Å². The van der Waals surface area contributed by atoms with Crippen LogP contribution < -0.4 is 19.4 Å². The van der Waals surface area contributed by atoms with Crippen molar-refractivity contribution in [2.75, 3.05) is 61.1 Å². The number of anilines is 3. The highest BCUT2D eigenvalue weighted by Crippen LogP contribution is 2.34. The number of amides is 2. The Morgan fingerprint density at radius 3 is 2.44 bits per heavy atom. The first-order valence-electron chi connectivity index (χ1n) is 11.2. The van der Waals surface area contributed by atoms with E-state index in [-0.39, 0.29) is 17.9 Å². The number of nitrogens with zero attached hydrogens (tertiary/aromatic N) is 6. The van der Waals surface area contributed by atoms with Gasteiger partial charge >= 0.3 is 0 Å². The van der Waals surface area contributed by atoms with E-state index in [9.17, 15) is 9.59 Å². The Hall–Kier alpha value is -2.88. The highest BCUT2D eigenvalue weighted by atomic mass is 32.1. The molecule has 0 N–H and O–H groups in total. The molecule has 32 heavy (non-hydrogen) atoms. The molecule has 5 rings (SSSR count). The van der Waals surface area contributed by atoms with Crippen LogP contribution in [0, 0.1) is 0 Å². The van der Waals surface area contributed by atoms with Gasteiger partial charge in [0.2, 0.25) is 22.1 Å². The quantitative estimate of drug-likeness (QED) is 0.681. The van der Waals surface area contributed by atoms with E-state index < -0.39 is 0 Å². The number of hydrogen-bond donors (Lipinski definition) is 0. The third-order valence-electron chi connectivity index (χ3n) is 6.52. The highest BCUT2D eigenvalue weighted by Gasteiger charge is 2.37. The van der Waals surface area contributed by atoms with E-state index >= 15 is 0 Å². The number of carbonyl (C=O) groups excluding carboxylic acids is 2. The van der Waals surface area contributed by atoms with Gasteiger partial charge in [-0.05, 0) is 43.5 Å². The van der Waals surface area contributed by atoms with E-state index in [1.54, 1.807) is 12.0 Å². The Bertz CT molecular complexity index is 972. The lowest BCUT2D eigenvalue weighted by Crippen LogP contribution is -2.53. The summed E-state index contributed by atoms with van der Waals surface area (Å²) < 4.78 is 5.24. The van der Waals surface area contributed by atoms with Gasteiger partial charge < -0.3 is 19.4 Å². The lowest BCUT2D eigenvalue weighted by Gasteiger charge is -2.38. The molecule has 10 heteroatoms. The van der Waals surface area contributed by atoms with Gasteiger partial charge in [0.15, 0.2) is 0 Å². The molecule has 2 aromatic rings. The maximum Gasteiger partial charge on any atom is 0.245 e. The average Bonchev–Trinajstić information content (AvgIpc) is 3.59. The molecule has 2 amide bonds. The van der Waals surface area contributed by atoms with Crippen LogP contribution in [0.3, 0.4) is 0 Å². The number of carbonyl (C=O) groups is 2. The average molecular weight is 457 g/mol. The molecular weight excluding hydrogens is 428 g/mol. The summed E-state index contributed by atoms with van der Waals surface area (Å²) >= 11 is 1.42. The van der Waals surface area contributed by atoms with Crippen LogP contribution in [0.1, 0.15) is 25.7 Å². The molecule has 0 unspecified atom stereocenters. The highest BCUT2D eigenvalue weighted by molar-refractivity contribution is 7.19. The molecular formula is C22H28N6O3S. The normalized spacial score (nSPS) is 21.5. The van der Waals surface area contributed by atoms with Crippen molar-refractivity contribution in [1.82, 2.24) is 15.1 Å². The van der Waals surface area contributed by atoms with Gasteiger partial charge in [-0.1, -0.05) is 11.3 Å². The van der Waals surface area contributed by atoms with Gasteiger partial charge in [-0.25, -0.2) is 0 Å². The molecule has 4 heterocycles. The number of ether oxygens (including phenoxy) is 1. The topological polar surface area (TPSA) is 82.1 Å². The molecule has 0 saturated carbocycles. The SMILES string of the molecule is COc1ccc(N2CCN(C(=O)[C@H]3CCCN3c3nnc(N4CCCC4=O)s3)CC2)cc1. The van der Waals surface area contributed by atoms with E-state index in [0.717, 1.165) is 55.5 Å². The summed E-state index contributed by atoms with van der Waals surface area (Å²) in [4.78, 5) is 33.5. The van der Waals surface area contributed by atoms with Crippen LogP contribution in [0.15, 0.2) is 24.3 Å². The fraction of sp³-hybridized carbons (Fsp3) is 0.545. The molecule has 170 valence electrons. The van der Waals surface area contributed by atoms with Crippen LogP contribution in [0.25, 0.3) is 0 Å². The number of rotatable bonds is 5. The maximum absolute atomic E-state index is 13.4. The van der Waals surface area contributed by atoms with Gasteiger partial charge in [-0.2, -0.15) is 0 Å². The number of aromatic nitrogens is 2. The zero-order valence-electron chi connectivity index (χ0n) is 18.3. The summed E-state index contributed by atoms with van der Waals surface area (Å²) in [7, 11) is 1.67. The lowest BCUT2D eigenvalue weighted by molar-refractivity contribution is -0.132. The molecule has 0 bridgehead atoms. The van der Waals surface area contributed by atoms with E-state index in [1.165, 1.54) is 11.3 Å². The van der Waals surface area contributed by atoms with Gasteiger partial charge in [0, 0.05) is 51.4 Å². The van der Waals surface area contributed by atoms with Crippen LogP contribution in [-0.4, -0.2) is 79.3 Å². The first-order chi connectivity index (χ1) is 15.6. The molecule has 9 nitrogen and oxygen atoms in total. The number of benzene rings is 1. The molecule has 3 aliphatic heterocycles.